The van der Waals surface area contributed by atoms with E-state index in [-0.39, 0.29) is 17.7 Å². The van der Waals surface area contributed by atoms with Crippen LogP contribution in [0.5, 0.6) is 0 Å². The summed E-state index contributed by atoms with van der Waals surface area (Å²) in [5.74, 6) is 0.774. The first-order chi connectivity index (χ1) is 7.90. The van der Waals surface area contributed by atoms with Gasteiger partial charge in [0, 0.05) is 20.0 Å². The van der Waals surface area contributed by atoms with Crippen LogP contribution in [0.4, 0.5) is 0 Å². The lowest BCUT2D eigenvalue weighted by atomic mass is 9.94. The molecule has 0 aliphatic carbocycles. The predicted molar refractivity (Wildman–Crippen MR) is 69.0 cm³/mol. The average Bonchev–Trinajstić information content (AvgIpc) is 2.26. The number of nitrogens with zero attached hydrogens (tertiary/aromatic N) is 2. The number of nitrogens with two attached hydrogens (primary N) is 1. The van der Waals surface area contributed by atoms with Crippen molar-refractivity contribution < 1.29 is 4.79 Å². The van der Waals surface area contributed by atoms with Gasteiger partial charge in [0.2, 0.25) is 5.91 Å². The van der Waals surface area contributed by atoms with Gasteiger partial charge < -0.3 is 10.6 Å². The molecule has 4 nitrogen and oxygen atoms in total. The highest BCUT2D eigenvalue weighted by molar-refractivity contribution is 5.76. The first kappa shape index (κ1) is 15.9. The summed E-state index contributed by atoms with van der Waals surface area (Å²) in [4.78, 5) is 13.5. The zero-order chi connectivity index (χ0) is 13.4. The normalized spacial score (nSPS) is 14.2. The van der Waals surface area contributed by atoms with Crippen molar-refractivity contribution in [2.75, 3.05) is 20.1 Å². The molecule has 0 spiro atoms. The van der Waals surface area contributed by atoms with Gasteiger partial charge in [0.25, 0.3) is 0 Å². The lowest BCUT2D eigenvalue weighted by Gasteiger charge is -2.22. The fraction of sp³-hybridized carbons (Fsp3) is 0.846. The van der Waals surface area contributed by atoms with Gasteiger partial charge in [-0.1, -0.05) is 13.8 Å². The summed E-state index contributed by atoms with van der Waals surface area (Å²) in [6, 6.07) is 2.13. The number of nitriles is 1. The van der Waals surface area contributed by atoms with Crippen LogP contribution in [0.3, 0.4) is 0 Å². The first-order valence-corrected chi connectivity index (χ1v) is 6.24. The topological polar surface area (TPSA) is 70.1 Å². The molecule has 0 aliphatic rings. The van der Waals surface area contributed by atoms with Gasteiger partial charge in [-0.15, -0.1) is 0 Å². The standard InChI is InChI=1S/C13H25N3O/c1-10(2)5-12(8-15)6-13(17)16(4)9-11(3)7-14/h10-12H,5-6,8-9,15H2,1-4H3. The average molecular weight is 239 g/mol. The van der Waals surface area contributed by atoms with Gasteiger partial charge in [-0.3, -0.25) is 4.79 Å². The number of hydrogen-bond donors (Lipinski definition) is 1. The van der Waals surface area contributed by atoms with Gasteiger partial charge in [-0.25, -0.2) is 0 Å². The quantitative estimate of drug-likeness (QED) is 0.734. The van der Waals surface area contributed by atoms with Crippen molar-refractivity contribution in [2.45, 2.75) is 33.6 Å². The van der Waals surface area contributed by atoms with E-state index < -0.39 is 0 Å². The third kappa shape index (κ3) is 6.96. The van der Waals surface area contributed by atoms with Crippen LogP contribution in [0, 0.1) is 29.1 Å². The maximum Gasteiger partial charge on any atom is 0.222 e. The number of rotatable bonds is 7. The molecule has 4 heteroatoms. The first-order valence-electron chi connectivity index (χ1n) is 6.24. The Bertz CT molecular complexity index is 270. The molecule has 0 fully saturated rings. The van der Waals surface area contributed by atoms with Gasteiger partial charge in [-0.05, 0) is 31.7 Å². The molecule has 0 saturated heterocycles. The summed E-state index contributed by atoms with van der Waals surface area (Å²) >= 11 is 0. The van der Waals surface area contributed by atoms with E-state index in [1.165, 1.54) is 0 Å². The maximum absolute atomic E-state index is 11.9. The molecule has 0 heterocycles. The zero-order valence-electron chi connectivity index (χ0n) is 11.4. The van der Waals surface area contributed by atoms with Crippen molar-refractivity contribution in [3.05, 3.63) is 0 Å². The number of carbonyl (C=O) groups is 1. The van der Waals surface area contributed by atoms with Crippen LogP contribution in [-0.4, -0.2) is 30.9 Å². The molecular formula is C13H25N3O. The predicted octanol–water partition coefficient (Wildman–Crippen LogP) is 1.62. The Kier molecular flexibility index (Phi) is 7.56. The van der Waals surface area contributed by atoms with E-state index in [9.17, 15) is 4.79 Å². The van der Waals surface area contributed by atoms with Crippen molar-refractivity contribution in [1.29, 1.82) is 5.26 Å². The molecule has 0 saturated carbocycles. The third-order valence-electron chi connectivity index (χ3n) is 2.80. The van der Waals surface area contributed by atoms with Crippen LogP contribution in [-0.2, 0) is 4.79 Å². The smallest absolute Gasteiger partial charge is 0.222 e. The van der Waals surface area contributed by atoms with Gasteiger partial charge in [0.15, 0.2) is 0 Å². The van der Waals surface area contributed by atoms with Crippen LogP contribution in [0.2, 0.25) is 0 Å². The van der Waals surface area contributed by atoms with E-state index in [0.29, 0.717) is 25.4 Å². The van der Waals surface area contributed by atoms with Crippen LogP contribution in [0.15, 0.2) is 0 Å². The fourth-order valence-corrected chi connectivity index (χ4v) is 1.89. The fourth-order valence-electron chi connectivity index (χ4n) is 1.89. The van der Waals surface area contributed by atoms with Crippen LogP contribution in [0.1, 0.15) is 33.6 Å². The van der Waals surface area contributed by atoms with Crippen LogP contribution >= 0.6 is 0 Å². The molecule has 17 heavy (non-hydrogen) atoms. The summed E-state index contributed by atoms with van der Waals surface area (Å²) < 4.78 is 0. The Morgan fingerprint density at radius 3 is 2.41 bits per heavy atom. The maximum atomic E-state index is 11.9. The molecule has 1 amide bonds. The Balaban J connectivity index is 4.17. The van der Waals surface area contributed by atoms with Gasteiger partial charge in [-0.2, -0.15) is 5.26 Å². The lowest BCUT2D eigenvalue weighted by Crippen LogP contribution is -2.33. The van der Waals surface area contributed by atoms with Crippen molar-refractivity contribution in [1.82, 2.24) is 4.90 Å². The van der Waals surface area contributed by atoms with Crippen molar-refractivity contribution in [3.63, 3.8) is 0 Å². The molecule has 2 N–H and O–H groups in total. The Morgan fingerprint density at radius 1 is 1.41 bits per heavy atom. The molecular weight excluding hydrogens is 214 g/mol. The van der Waals surface area contributed by atoms with Gasteiger partial charge >= 0.3 is 0 Å². The summed E-state index contributed by atoms with van der Waals surface area (Å²) in [6.45, 7) is 7.13. The number of carbonyl (C=O) groups excluding carboxylic acids is 1. The second-order valence-corrected chi connectivity index (χ2v) is 5.24. The monoisotopic (exact) mass is 239 g/mol. The third-order valence-corrected chi connectivity index (χ3v) is 2.80. The Labute approximate surface area is 105 Å². The molecule has 0 aromatic heterocycles. The summed E-state index contributed by atoms with van der Waals surface area (Å²) in [5.41, 5.74) is 5.67. The van der Waals surface area contributed by atoms with E-state index in [4.69, 9.17) is 11.0 Å². The molecule has 2 atom stereocenters. The van der Waals surface area contributed by atoms with E-state index in [1.807, 2.05) is 6.92 Å². The number of hydrogen-bond acceptors (Lipinski definition) is 3. The van der Waals surface area contributed by atoms with E-state index in [0.717, 1.165) is 6.42 Å². The molecule has 0 aromatic rings. The van der Waals surface area contributed by atoms with Gasteiger partial charge in [0.05, 0.1) is 12.0 Å². The molecule has 0 rings (SSSR count). The minimum absolute atomic E-state index is 0.0863. The molecule has 0 aromatic carbocycles. The summed E-state index contributed by atoms with van der Waals surface area (Å²) in [5, 5.41) is 8.70. The minimum atomic E-state index is -0.120. The number of amides is 1. The Morgan fingerprint density at radius 2 is 2.00 bits per heavy atom. The van der Waals surface area contributed by atoms with E-state index in [1.54, 1.807) is 11.9 Å². The molecule has 0 radical (unpaired) electrons. The van der Waals surface area contributed by atoms with E-state index >= 15 is 0 Å². The van der Waals surface area contributed by atoms with E-state index in [2.05, 4.69) is 19.9 Å². The molecule has 0 bridgehead atoms. The Hall–Kier alpha value is -1.08. The van der Waals surface area contributed by atoms with Crippen LogP contribution in [0.25, 0.3) is 0 Å². The molecule has 98 valence electrons. The second kappa shape index (κ2) is 8.08. The van der Waals surface area contributed by atoms with Crippen molar-refractivity contribution in [2.24, 2.45) is 23.5 Å². The summed E-state index contributed by atoms with van der Waals surface area (Å²) in [7, 11) is 1.75. The largest absolute Gasteiger partial charge is 0.344 e. The second-order valence-electron chi connectivity index (χ2n) is 5.24. The highest BCUT2D eigenvalue weighted by atomic mass is 16.2. The lowest BCUT2D eigenvalue weighted by molar-refractivity contribution is -0.131. The zero-order valence-corrected chi connectivity index (χ0v) is 11.4. The SMILES string of the molecule is CC(C)CC(CN)CC(=O)N(C)CC(C)C#N. The minimum Gasteiger partial charge on any atom is -0.344 e. The highest BCUT2D eigenvalue weighted by Crippen LogP contribution is 2.15. The summed E-state index contributed by atoms with van der Waals surface area (Å²) in [6.07, 6.45) is 1.47. The van der Waals surface area contributed by atoms with Crippen molar-refractivity contribution >= 4 is 5.91 Å². The molecule has 2 unspecified atom stereocenters. The van der Waals surface area contributed by atoms with Gasteiger partial charge in [0.1, 0.15) is 0 Å². The van der Waals surface area contributed by atoms with Crippen molar-refractivity contribution in [3.8, 4) is 6.07 Å². The molecule has 0 aliphatic heterocycles. The highest BCUT2D eigenvalue weighted by Gasteiger charge is 2.18. The van der Waals surface area contributed by atoms with Crippen LogP contribution < -0.4 is 5.73 Å².